The smallest absolute Gasteiger partial charge is 0.259 e. The predicted octanol–water partition coefficient (Wildman–Crippen LogP) is 4.75. The molecule has 0 unspecified atom stereocenters. The highest BCUT2D eigenvalue weighted by atomic mass is 16.5. The molecular formula is C24H20N8O. The Balaban J connectivity index is 1.56. The molecule has 1 aromatic carbocycles. The first kappa shape index (κ1) is 19.3. The lowest BCUT2D eigenvalue weighted by Crippen LogP contribution is -2.04. The fourth-order valence-electron chi connectivity index (χ4n) is 4.02. The molecule has 0 aliphatic rings. The first-order valence-corrected chi connectivity index (χ1v) is 10.7. The highest BCUT2D eigenvalue weighted by Crippen LogP contribution is 2.34. The lowest BCUT2D eigenvalue weighted by atomic mass is 10.0. The van der Waals surface area contributed by atoms with Gasteiger partial charge in [-0.25, -0.2) is 14.6 Å². The molecule has 0 aliphatic heterocycles. The minimum Gasteiger partial charge on any atom is -0.334 e. The van der Waals surface area contributed by atoms with Crippen LogP contribution < -0.4 is 0 Å². The third-order valence-corrected chi connectivity index (χ3v) is 5.68. The van der Waals surface area contributed by atoms with Gasteiger partial charge in [0.15, 0.2) is 11.3 Å². The molecule has 0 bridgehead atoms. The van der Waals surface area contributed by atoms with E-state index in [2.05, 4.69) is 53.1 Å². The third-order valence-electron chi connectivity index (χ3n) is 5.68. The molecule has 5 aromatic heterocycles. The Bertz CT molecular complexity index is 1620. The Morgan fingerprint density at radius 1 is 1.00 bits per heavy atom. The first-order valence-electron chi connectivity index (χ1n) is 10.7. The molecule has 0 saturated heterocycles. The third kappa shape index (κ3) is 3.08. The predicted molar refractivity (Wildman–Crippen MR) is 123 cm³/mol. The number of nitrogens with zero attached hydrogens (tertiary/aromatic N) is 8. The number of aromatic nitrogens is 8. The van der Waals surface area contributed by atoms with Crippen molar-refractivity contribution < 1.29 is 4.52 Å². The summed E-state index contributed by atoms with van der Waals surface area (Å²) in [5.74, 6) is 0.849. The molecular weight excluding hydrogens is 416 g/mol. The van der Waals surface area contributed by atoms with Crippen LogP contribution in [0, 0.1) is 6.92 Å². The summed E-state index contributed by atoms with van der Waals surface area (Å²) >= 11 is 0. The van der Waals surface area contributed by atoms with Crippen LogP contribution in [0.1, 0.15) is 25.5 Å². The zero-order valence-electron chi connectivity index (χ0n) is 18.3. The summed E-state index contributed by atoms with van der Waals surface area (Å²) in [6.45, 7) is 6.24. The second kappa shape index (κ2) is 7.33. The van der Waals surface area contributed by atoms with Crippen LogP contribution in [0.25, 0.3) is 50.9 Å². The summed E-state index contributed by atoms with van der Waals surface area (Å²) in [5, 5.41) is 9.68. The summed E-state index contributed by atoms with van der Waals surface area (Å²) in [6.07, 6.45) is 8.72. The van der Waals surface area contributed by atoms with Gasteiger partial charge in [-0.05, 0) is 32.4 Å². The SMILES string of the molecule is Cc1ccccc1-c1cc(-c2nc(-c3cnc4cnccn34)no2)c2cnn(C(C)C)c2n1. The van der Waals surface area contributed by atoms with Crippen LogP contribution >= 0.6 is 0 Å². The Kier molecular flexibility index (Phi) is 4.29. The standard InChI is InChI=1S/C24H20N8O/c1-14(2)32-23-18(11-27-32)17(10-19(28-23)16-7-5-4-6-15(16)3)24-29-22(30-33-24)20-12-26-21-13-25-8-9-31(20)21/h4-14H,1-3H3. The van der Waals surface area contributed by atoms with Crippen LogP contribution in [0.3, 0.4) is 0 Å². The monoisotopic (exact) mass is 436 g/mol. The lowest BCUT2D eigenvalue weighted by molar-refractivity contribution is 0.432. The topological polar surface area (TPSA) is 99.8 Å². The first-order chi connectivity index (χ1) is 16.1. The zero-order chi connectivity index (χ0) is 22.5. The molecule has 0 saturated carbocycles. The van der Waals surface area contributed by atoms with Crippen LogP contribution in [0.5, 0.6) is 0 Å². The molecule has 33 heavy (non-hydrogen) atoms. The van der Waals surface area contributed by atoms with Gasteiger partial charge in [-0.15, -0.1) is 0 Å². The van der Waals surface area contributed by atoms with Gasteiger partial charge in [-0.2, -0.15) is 10.1 Å². The molecule has 0 aliphatic carbocycles. The Labute approximate surface area is 188 Å². The minimum atomic E-state index is 0.153. The number of pyridine rings is 1. The largest absolute Gasteiger partial charge is 0.334 e. The van der Waals surface area contributed by atoms with Crippen LogP contribution in [0.4, 0.5) is 0 Å². The molecule has 6 rings (SSSR count). The van der Waals surface area contributed by atoms with Crippen molar-refractivity contribution in [3.63, 3.8) is 0 Å². The normalized spacial score (nSPS) is 11.8. The molecule has 0 spiro atoms. The van der Waals surface area contributed by atoms with E-state index in [1.807, 2.05) is 39.7 Å². The highest BCUT2D eigenvalue weighted by Gasteiger charge is 2.21. The summed E-state index contributed by atoms with van der Waals surface area (Å²) in [5.41, 5.74) is 6.02. The van der Waals surface area contributed by atoms with Gasteiger partial charge in [0.2, 0.25) is 5.82 Å². The quantitative estimate of drug-likeness (QED) is 0.393. The van der Waals surface area contributed by atoms with Gasteiger partial charge in [-0.1, -0.05) is 29.4 Å². The van der Waals surface area contributed by atoms with E-state index in [4.69, 9.17) is 14.5 Å². The van der Waals surface area contributed by atoms with Crippen molar-refractivity contribution in [3.05, 3.63) is 66.9 Å². The van der Waals surface area contributed by atoms with Crippen molar-refractivity contribution in [1.29, 1.82) is 0 Å². The number of rotatable bonds is 4. The molecule has 9 heteroatoms. The maximum atomic E-state index is 5.74. The van der Waals surface area contributed by atoms with Crippen molar-refractivity contribution in [2.24, 2.45) is 0 Å². The van der Waals surface area contributed by atoms with E-state index >= 15 is 0 Å². The van der Waals surface area contributed by atoms with Crippen LogP contribution in [-0.4, -0.2) is 39.3 Å². The van der Waals surface area contributed by atoms with Gasteiger partial charge < -0.3 is 4.52 Å². The van der Waals surface area contributed by atoms with E-state index in [0.717, 1.165) is 39.1 Å². The van der Waals surface area contributed by atoms with Crippen molar-refractivity contribution >= 4 is 16.7 Å². The lowest BCUT2D eigenvalue weighted by Gasteiger charge is -2.10. The molecule has 0 atom stereocenters. The van der Waals surface area contributed by atoms with Crippen LogP contribution in [-0.2, 0) is 0 Å². The van der Waals surface area contributed by atoms with Gasteiger partial charge in [0.05, 0.1) is 35.2 Å². The van der Waals surface area contributed by atoms with Gasteiger partial charge in [0.25, 0.3) is 5.89 Å². The van der Waals surface area contributed by atoms with Gasteiger partial charge >= 0.3 is 0 Å². The maximum absolute atomic E-state index is 5.74. The van der Waals surface area contributed by atoms with E-state index in [1.54, 1.807) is 18.6 Å². The highest BCUT2D eigenvalue weighted by molar-refractivity contribution is 5.93. The average molecular weight is 436 g/mol. The van der Waals surface area contributed by atoms with Crippen molar-refractivity contribution in [2.45, 2.75) is 26.8 Å². The minimum absolute atomic E-state index is 0.153. The van der Waals surface area contributed by atoms with Crippen molar-refractivity contribution in [1.82, 2.24) is 39.3 Å². The molecule has 0 amide bonds. The number of aryl methyl sites for hydroxylation is 1. The molecule has 5 heterocycles. The van der Waals surface area contributed by atoms with Crippen LogP contribution in [0.15, 0.2) is 65.8 Å². The average Bonchev–Trinajstić information content (AvgIpc) is 3.56. The molecule has 0 radical (unpaired) electrons. The number of hydrogen-bond acceptors (Lipinski definition) is 7. The van der Waals surface area contributed by atoms with Gasteiger partial charge in [0, 0.05) is 24.0 Å². The van der Waals surface area contributed by atoms with E-state index in [9.17, 15) is 0 Å². The summed E-state index contributed by atoms with van der Waals surface area (Å²) in [6, 6.07) is 10.3. The Hall–Kier alpha value is -4.40. The van der Waals surface area contributed by atoms with E-state index in [-0.39, 0.29) is 6.04 Å². The van der Waals surface area contributed by atoms with E-state index in [0.29, 0.717) is 17.4 Å². The molecule has 0 N–H and O–H groups in total. The van der Waals surface area contributed by atoms with Crippen molar-refractivity contribution in [2.75, 3.05) is 0 Å². The summed E-state index contributed by atoms with van der Waals surface area (Å²) < 4.78 is 9.53. The second-order valence-corrected chi connectivity index (χ2v) is 8.16. The maximum Gasteiger partial charge on any atom is 0.259 e. The van der Waals surface area contributed by atoms with Crippen LogP contribution in [0.2, 0.25) is 0 Å². The van der Waals surface area contributed by atoms with E-state index < -0.39 is 0 Å². The van der Waals surface area contributed by atoms with Gasteiger partial charge in [0.1, 0.15) is 5.69 Å². The molecule has 9 nitrogen and oxygen atoms in total. The number of imidazole rings is 1. The Morgan fingerprint density at radius 2 is 1.88 bits per heavy atom. The molecule has 162 valence electrons. The van der Waals surface area contributed by atoms with Gasteiger partial charge in [-0.3, -0.25) is 9.38 Å². The van der Waals surface area contributed by atoms with E-state index in [1.165, 1.54) is 0 Å². The molecule has 0 fully saturated rings. The van der Waals surface area contributed by atoms with Crippen molar-refractivity contribution in [3.8, 4) is 34.2 Å². The summed E-state index contributed by atoms with van der Waals surface area (Å²) in [7, 11) is 0. The Morgan fingerprint density at radius 3 is 2.73 bits per heavy atom. The zero-order valence-corrected chi connectivity index (χ0v) is 18.3. The number of hydrogen-bond donors (Lipinski definition) is 0. The number of fused-ring (bicyclic) bond motifs is 2. The second-order valence-electron chi connectivity index (χ2n) is 8.16. The fourth-order valence-corrected chi connectivity index (χ4v) is 4.02. The number of benzene rings is 1. The molecule has 6 aromatic rings. The fraction of sp³-hybridized carbons (Fsp3) is 0.167. The summed E-state index contributed by atoms with van der Waals surface area (Å²) in [4.78, 5) is 18.1.